The van der Waals surface area contributed by atoms with Crippen molar-refractivity contribution in [3.63, 3.8) is 0 Å². The van der Waals surface area contributed by atoms with E-state index in [9.17, 15) is 0 Å². The monoisotopic (exact) mass is 251 g/mol. The molecule has 0 heterocycles. The Bertz CT molecular complexity index is 222. The van der Waals surface area contributed by atoms with Gasteiger partial charge in [0, 0.05) is 0 Å². The first-order valence-electron chi connectivity index (χ1n) is 8.33. The predicted octanol–water partition coefficient (Wildman–Crippen LogP) is 6.40. The Morgan fingerprint density at radius 3 is 2.06 bits per heavy atom. The van der Waals surface area contributed by atoms with Crippen LogP contribution in [0.3, 0.4) is 0 Å². The lowest BCUT2D eigenvalue weighted by Crippen LogP contribution is -2.39. The van der Waals surface area contributed by atoms with Crippen molar-refractivity contribution in [3.05, 3.63) is 6.42 Å². The van der Waals surface area contributed by atoms with Gasteiger partial charge < -0.3 is 6.42 Å². The standard InChI is InChI=1S/C18H35/c1-6-13-17(4,8-3)16(7-2)18(5)14-11-9-10-12-15-18/h8,16H,6-7,9-15H2,1-5H3/q-1. The predicted molar refractivity (Wildman–Crippen MR) is 82.6 cm³/mol. The molecule has 1 aliphatic carbocycles. The van der Waals surface area contributed by atoms with Crippen LogP contribution in [0, 0.1) is 23.2 Å². The Kier molecular flexibility index (Phi) is 6.21. The Balaban J connectivity index is 2.90. The fraction of sp³-hybridized carbons (Fsp3) is 0.944. The molecular formula is C18H35-. The molecule has 0 aromatic rings. The highest BCUT2D eigenvalue weighted by Gasteiger charge is 2.39. The summed E-state index contributed by atoms with van der Waals surface area (Å²) in [6, 6.07) is 0. The molecule has 0 amide bonds. The molecule has 0 spiro atoms. The minimum atomic E-state index is 0.447. The Hall–Kier alpha value is 0. The van der Waals surface area contributed by atoms with Crippen LogP contribution in [-0.2, 0) is 0 Å². The van der Waals surface area contributed by atoms with Crippen LogP contribution < -0.4 is 0 Å². The van der Waals surface area contributed by atoms with Crippen molar-refractivity contribution < 1.29 is 0 Å². The topological polar surface area (TPSA) is 0 Å². The molecule has 108 valence electrons. The summed E-state index contributed by atoms with van der Waals surface area (Å²) < 4.78 is 0. The zero-order chi connectivity index (χ0) is 13.6. The summed E-state index contributed by atoms with van der Waals surface area (Å²) in [6.07, 6.45) is 15.3. The van der Waals surface area contributed by atoms with E-state index in [4.69, 9.17) is 0 Å². The highest BCUT2D eigenvalue weighted by molar-refractivity contribution is 4.98. The second kappa shape index (κ2) is 6.96. The summed E-state index contributed by atoms with van der Waals surface area (Å²) in [7, 11) is 0. The first-order valence-corrected chi connectivity index (χ1v) is 8.33. The van der Waals surface area contributed by atoms with Gasteiger partial charge in [-0.3, -0.25) is 0 Å². The van der Waals surface area contributed by atoms with Crippen molar-refractivity contribution in [1.29, 1.82) is 0 Å². The first-order chi connectivity index (χ1) is 8.52. The average Bonchev–Trinajstić information content (AvgIpc) is 2.55. The molecule has 0 aromatic carbocycles. The molecule has 0 nitrogen and oxygen atoms in total. The van der Waals surface area contributed by atoms with Gasteiger partial charge in [0.25, 0.3) is 0 Å². The van der Waals surface area contributed by atoms with E-state index in [0.717, 1.165) is 5.92 Å². The van der Waals surface area contributed by atoms with Crippen molar-refractivity contribution in [2.75, 3.05) is 0 Å². The molecule has 18 heavy (non-hydrogen) atoms. The SMILES string of the molecule is C[CH-]C(C)(CCC)C(CC)C1(C)CCCCCC1. The van der Waals surface area contributed by atoms with E-state index >= 15 is 0 Å². The van der Waals surface area contributed by atoms with Crippen LogP contribution in [0.4, 0.5) is 0 Å². The fourth-order valence-corrected chi connectivity index (χ4v) is 4.70. The van der Waals surface area contributed by atoms with Gasteiger partial charge in [-0.2, -0.15) is 12.3 Å². The highest BCUT2D eigenvalue weighted by Crippen LogP contribution is 2.52. The van der Waals surface area contributed by atoms with E-state index in [0.29, 0.717) is 10.8 Å². The second-order valence-corrected chi connectivity index (χ2v) is 7.07. The number of rotatable bonds is 6. The minimum absolute atomic E-state index is 0.447. The zero-order valence-corrected chi connectivity index (χ0v) is 13.5. The summed E-state index contributed by atoms with van der Waals surface area (Å²) >= 11 is 0. The summed E-state index contributed by atoms with van der Waals surface area (Å²) in [6.45, 7) is 12.1. The third kappa shape index (κ3) is 3.52. The minimum Gasteiger partial charge on any atom is -0.325 e. The van der Waals surface area contributed by atoms with Crippen LogP contribution in [-0.4, -0.2) is 0 Å². The molecule has 1 aliphatic rings. The molecular weight excluding hydrogens is 216 g/mol. The van der Waals surface area contributed by atoms with Gasteiger partial charge in [-0.1, -0.05) is 78.6 Å². The van der Waals surface area contributed by atoms with Crippen LogP contribution in [0.1, 0.15) is 92.4 Å². The molecule has 0 radical (unpaired) electrons. The van der Waals surface area contributed by atoms with Gasteiger partial charge >= 0.3 is 0 Å². The summed E-state index contributed by atoms with van der Waals surface area (Å²) in [4.78, 5) is 0. The molecule has 0 aromatic heterocycles. The molecule has 0 heteroatoms. The van der Waals surface area contributed by atoms with Gasteiger partial charge in [-0.15, -0.1) is 0 Å². The van der Waals surface area contributed by atoms with E-state index in [1.807, 2.05) is 0 Å². The van der Waals surface area contributed by atoms with E-state index in [1.54, 1.807) is 0 Å². The van der Waals surface area contributed by atoms with E-state index in [1.165, 1.54) is 57.8 Å². The fourth-order valence-electron chi connectivity index (χ4n) is 4.70. The van der Waals surface area contributed by atoms with Gasteiger partial charge in [0.1, 0.15) is 0 Å². The van der Waals surface area contributed by atoms with Crippen LogP contribution in [0.2, 0.25) is 0 Å². The van der Waals surface area contributed by atoms with Gasteiger partial charge in [-0.25, -0.2) is 0 Å². The van der Waals surface area contributed by atoms with Crippen molar-refractivity contribution >= 4 is 0 Å². The molecule has 2 atom stereocenters. The van der Waals surface area contributed by atoms with Crippen molar-refractivity contribution in [2.45, 2.75) is 92.4 Å². The van der Waals surface area contributed by atoms with Crippen molar-refractivity contribution in [2.24, 2.45) is 16.7 Å². The molecule has 1 saturated carbocycles. The maximum Gasteiger partial charge on any atom is -0.0317 e. The summed E-state index contributed by atoms with van der Waals surface area (Å²) in [5.74, 6) is 0.869. The van der Waals surface area contributed by atoms with E-state index < -0.39 is 0 Å². The smallest absolute Gasteiger partial charge is 0.0317 e. The quantitative estimate of drug-likeness (QED) is 0.378. The largest absolute Gasteiger partial charge is 0.325 e. The molecule has 1 fully saturated rings. The van der Waals surface area contributed by atoms with Crippen LogP contribution in [0.15, 0.2) is 0 Å². The third-order valence-electron chi connectivity index (χ3n) is 5.74. The van der Waals surface area contributed by atoms with Gasteiger partial charge in [0.05, 0.1) is 0 Å². The van der Waals surface area contributed by atoms with Crippen LogP contribution in [0.5, 0.6) is 0 Å². The average molecular weight is 251 g/mol. The number of hydrogen-bond donors (Lipinski definition) is 0. The van der Waals surface area contributed by atoms with Crippen molar-refractivity contribution in [3.8, 4) is 0 Å². The molecule has 1 rings (SSSR count). The summed E-state index contributed by atoms with van der Waals surface area (Å²) in [5, 5.41) is 0. The van der Waals surface area contributed by atoms with Gasteiger partial charge in [0.15, 0.2) is 0 Å². The van der Waals surface area contributed by atoms with E-state index in [2.05, 4.69) is 41.0 Å². The van der Waals surface area contributed by atoms with Crippen LogP contribution >= 0.6 is 0 Å². The third-order valence-corrected chi connectivity index (χ3v) is 5.74. The molecule has 0 bridgehead atoms. The normalized spacial score (nSPS) is 25.2. The summed E-state index contributed by atoms with van der Waals surface area (Å²) in [5.41, 5.74) is 1.03. The van der Waals surface area contributed by atoms with E-state index in [-0.39, 0.29) is 0 Å². The Morgan fingerprint density at radius 1 is 1.11 bits per heavy atom. The zero-order valence-electron chi connectivity index (χ0n) is 13.5. The molecule has 2 unspecified atom stereocenters. The first kappa shape index (κ1) is 16.1. The lowest BCUT2D eigenvalue weighted by Gasteiger charge is -2.53. The Morgan fingerprint density at radius 2 is 1.67 bits per heavy atom. The molecule has 0 saturated heterocycles. The maximum absolute atomic E-state index is 2.59. The maximum atomic E-state index is 2.59. The Labute approximate surface area is 116 Å². The van der Waals surface area contributed by atoms with Crippen molar-refractivity contribution in [1.82, 2.24) is 0 Å². The van der Waals surface area contributed by atoms with Crippen LogP contribution in [0.25, 0.3) is 0 Å². The van der Waals surface area contributed by atoms with Gasteiger partial charge in [0.2, 0.25) is 0 Å². The second-order valence-electron chi connectivity index (χ2n) is 7.07. The van der Waals surface area contributed by atoms with Gasteiger partial charge in [-0.05, 0) is 18.3 Å². The number of hydrogen-bond acceptors (Lipinski definition) is 0. The lowest BCUT2D eigenvalue weighted by atomic mass is 9.57. The molecule has 0 aliphatic heterocycles. The molecule has 0 N–H and O–H groups in total. The highest BCUT2D eigenvalue weighted by atomic mass is 14.5. The lowest BCUT2D eigenvalue weighted by molar-refractivity contribution is 0.0428.